The number of hydrogen-bond donors (Lipinski definition) is 1. The van der Waals surface area contributed by atoms with Crippen LogP contribution in [0.4, 0.5) is 5.69 Å². The predicted octanol–water partition coefficient (Wildman–Crippen LogP) is 5.61. The second kappa shape index (κ2) is 8.59. The Balaban J connectivity index is 1.52. The summed E-state index contributed by atoms with van der Waals surface area (Å²) in [6, 6.07) is 10.2. The lowest BCUT2D eigenvalue weighted by Gasteiger charge is -2.19. The minimum Gasteiger partial charge on any atom is -0.486 e. The molecule has 0 radical (unpaired) electrons. The van der Waals surface area contributed by atoms with Crippen LogP contribution in [-0.2, 0) is 0 Å². The lowest BCUT2D eigenvalue weighted by atomic mass is 10.2. The maximum absolute atomic E-state index is 12.4. The summed E-state index contributed by atoms with van der Waals surface area (Å²) in [6.07, 6.45) is 1.67. The number of ether oxygens (including phenoxy) is 2. The van der Waals surface area contributed by atoms with Crippen LogP contribution in [0.25, 0.3) is 11.1 Å². The van der Waals surface area contributed by atoms with Gasteiger partial charge in [0.2, 0.25) is 5.01 Å². The Morgan fingerprint density at radius 3 is 2.59 bits per heavy atom. The Morgan fingerprint density at radius 1 is 1.07 bits per heavy atom. The summed E-state index contributed by atoms with van der Waals surface area (Å²) in [5.74, 6) is 0.686. The summed E-state index contributed by atoms with van der Waals surface area (Å²) < 4.78 is 11.1. The van der Waals surface area contributed by atoms with E-state index in [2.05, 4.69) is 15.5 Å². The van der Waals surface area contributed by atoms with Crippen molar-refractivity contribution < 1.29 is 14.3 Å². The van der Waals surface area contributed by atoms with Gasteiger partial charge in [-0.25, -0.2) is 0 Å². The highest BCUT2D eigenvalue weighted by Gasteiger charge is 2.18. The summed E-state index contributed by atoms with van der Waals surface area (Å²) in [5.41, 5.74) is 1.32. The second-order valence-electron chi connectivity index (χ2n) is 5.89. The van der Waals surface area contributed by atoms with Gasteiger partial charge in [0, 0.05) is 10.7 Å². The second-order valence-corrected chi connectivity index (χ2v) is 8.12. The van der Waals surface area contributed by atoms with Gasteiger partial charge in [-0.1, -0.05) is 46.1 Å². The number of hydrogen-bond acceptors (Lipinski definition) is 6. The van der Waals surface area contributed by atoms with Crippen LogP contribution in [0.1, 0.15) is 20.4 Å². The average molecular weight is 469 g/mol. The third-order valence-corrected chi connectivity index (χ3v) is 5.73. The zero-order valence-corrected chi connectivity index (χ0v) is 17.7. The van der Waals surface area contributed by atoms with E-state index < -0.39 is 0 Å². The van der Waals surface area contributed by atoms with Crippen LogP contribution in [0.15, 0.2) is 36.4 Å². The summed E-state index contributed by atoms with van der Waals surface area (Å²) in [6.45, 7) is 0.904. The van der Waals surface area contributed by atoms with Crippen LogP contribution >= 0.6 is 46.1 Å². The molecular weight excluding hydrogens is 457 g/mol. The first-order chi connectivity index (χ1) is 14.0. The fourth-order valence-electron chi connectivity index (χ4n) is 2.55. The number of carbonyl (C=O) groups is 1. The Labute approximate surface area is 185 Å². The van der Waals surface area contributed by atoms with Crippen molar-refractivity contribution >= 4 is 68.8 Å². The van der Waals surface area contributed by atoms with Gasteiger partial charge in [0.15, 0.2) is 16.5 Å². The van der Waals surface area contributed by atoms with Crippen molar-refractivity contribution in [1.82, 2.24) is 10.2 Å². The first kappa shape index (κ1) is 20.0. The smallest absolute Gasteiger partial charge is 0.286 e. The molecule has 148 valence electrons. The monoisotopic (exact) mass is 467 g/mol. The minimum atomic E-state index is -0.386. The molecule has 0 aliphatic carbocycles. The maximum atomic E-state index is 12.4. The van der Waals surface area contributed by atoms with Crippen molar-refractivity contribution in [2.75, 3.05) is 18.5 Å². The molecular formula is C19H12Cl3N3O3S. The highest BCUT2D eigenvalue weighted by Crippen LogP contribution is 2.39. The van der Waals surface area contributed by atoms with Crippen molar-refractivity contribution in [3.63, 3.8) is 0 Å². The molecule has 0 bridgehead atoms. The molecule has 4 rings (SSSR count). The molecule has 1 aliphatic heterocycles. The Morgan fingerprint density at radius 2 is 1.79 bits per heavy atom. The highest BCUT2D eigenvalue weighted by molar-refractivity contribution is 7.15. The fraction of sp³-hybridized carbons (Fsp3) is 0.105. The number of benzene rings is 2. The molecule has 0 atom stereocenters. The summed E-state index contributed by atoms with van der Waals surface area (Å²) in [7, 11) is 0. The molecule has 2 aromatic carbocycles. The lowest BCUT2D eigenvalue weighted by molar-refractivity contribution is 0.102. The summed E-state index contributed by atoms with van der Waals surface area (Å²) >= 11 is 19.5. The van der Waals surface area contributed by atoms with Gasteiger partial charge >= 0.3 is 0 Å². The fourth-order valence-corrected chi connectivity index (χ4v) is 3.88. The number of anilines is 1. The van der Waals surface area contributed by atoms with E-state index in [0.717, 1.165) is 11.3 Å². The Hall–Kier alpha value is -2.32. The predicted molar refractivity (Wildman–Crippen MR) is 115 cm³/mol. The molecule has 0 unspecified atom stereocenters. The van der Waals surface area contributed by atoms with E-state index in [1.54, 1.807) is 42.5 Å². The molecule has 2 heterocycles. The van der Waals surface area contributed by atoms with E-state index >= 15 is 0 Å². The number of halogens is 3. The number of amides is 1. The zero-order valence-electron chi connectivity index (χ0n) is 14.6. The van der Waals surface area contributed by atoms with Crippen molar-refractivity contribution in [3.8, 4) is 11.5 Å². The SMILES string of the molecule is O=C(Nc1ccc(Cl)cc1)c1nnc(/C(Cl)=C/c2cc(Cl)c3c(c2)OCCO3)s1. The van der Waals surface area contributed by atoms with E-state index in [0.29, 0.717) is 56.0 Å². The summed E-state index contributed by atoms with van der Waals surface area (Å²) in [4.78, 5) is 12.4. The van der Waals surface area contributed by atoms with Crippen LogP contribution in [-0.4, -0.2) is 29.3 Å². The van der Waals surface area contributed by atoms with Crippen molar-refractivity contribution in [2.45, 2.75) is 0 Å². The Bertz CT molecular complexity index is 1100. The normalized spacial score (nSPS) is 13.3. The van der Waals surface area contributed by atoms with Gasteiger partial charge in [-0.2, -0.15) is 0 Å². The van der Waals surface area contributed by atoms with Gasteiger partial charge in [0.1, 0.15) is 13.2 Å². The quantitative estimate of drug-likeness (QED) is 0.539. The van der Waals surface area contributed by atoms with Crippen molar-refractivity contribution in [2.24, 2.45) is 0 Å². The standard InChI is InChI=1S/C19H12Cl3N3O3S/c20-11-1-3-12(4-2-11)23-17(26)19-25-24-18(29-19)14(22)8-10-7-13(21)16-15(9-10)27-5-6-28-16/h1-4,7-9H,5-6H2,(H,23,26)/b14-8-. The third kappa shape index (κ3) is 4.64. The molecule has 6 nitrogen and oxygen atoms in total. The molecule has 1 aliphatic rings. The van der Waals surface area contributed by atoms with Crippen molar-refractivity contribution in [3.05, 3.63) is 62.0 Å². The van der Waals surface area contributed by atoms with E-state index in [4.69, 9.17) is 44.3 Å². The zero-order chi connectivity index (χ0) is 20.4. The van der Waals surface area contributed by atoms with Gasteiger partial charge in [-0.05, 0) is 48.0 Å². The average Bonchev–Trinajstić information content (AvgIpc) is 3.20. The topological polar surface area (TPSA) is 73.3 Å². The van der Waals surface area contributed by atoms with Crippen LogP contribution in [0.2, 0.25) is 10.0 Å². The van der Waals surface area contributed by atoms with E-state index in [1.807, 2.05) is 0 Å². The summed E-state index contributed by atoms with van der Waals surface area (Å²) in [5, 5.41) is 12.6. The van der Waals surface area contributed by atoms with Crippen LogP contribution < -0.4 is 14.8 Å². The number of nitrogens with one attached hydrogen (secondary N) is 1. The Kier molecular flexibility index (Phi) is 5.91. The number of rotatable bonds is 4. The number of carbonyl (C=O) groups excluding carboxylic acids is 1. The number of nitrogens with zero attached hydrogens (tertiary/aromatic N) is 2. The highest BCUT2D eigenvalue weighted by atomic mass is 35.5. The van der Waals surface area contributed by atoms with Crippen LogP contribution in [0.3, 0.4) is 0 Å². The first-order valence-electron chi connectivity index (χ1n) is 8.37. The number of aromatic nitrogens is 2. The molecule has 0 saturated heterocycles. The molecule has 0 fully saturated rings. The minimum absolute atomic E-state index is 0.182. The molecule has 0 saturated carbocycles. The van der Waals surface area contributed by atoms with Crippen molar-refractivity contribution in [1.29, 1.82) is 0 Å². The van der Waals surface area contributed by atoms with E-state index in [1.165, 1.54) is 0 Å². The molecule has 10 heteroatoms. The first-order valence-corrected chi connectivity index (χ1v) is 10.3. The third-order valence-electron chi connectivity index (χ3n) is 3.84. The van der Waals surface area contributed by atoms with Crippen LogP contribution in [0, 0.1) is 0 Å². The van der Waals surface area contributed by atoms with Gasteiger partial charge in [-0.3, -0.25) is 4.79 Å². The van der Waals surface area contributed by atoms with Gasteiger partial charge < -0.3 is 14.8 Å². The van der Waals surface area contributed by atoms with Gasteiger partial charge in [0.05, 0.1) is 10.1 Å². The molecule has 3 aromatic rings. The molecule has 1 amide bonds. The van der Waals surface area contributed by atoms with Gasteiger partial charge in [0.25, 0.3) is 5.91 Å². The van der Waals surface area contributed by atoms with E-state index in [9.17, 15) is 4.79 Å². The molecule has 29 heavy (non-hydrogen) atoms. The molecule has 1 aromatic heterocycles. The van der Waals surface area contributed by atoms with Gasteiger partial charge in [-0.15, -0.1) is 10.2 Å². The molecule has 0 spiro atoms. The largest absolute Gasteiger partial charge is 0.486 e. The maximum Gasteiger partial charge on any atom is 0.286 e. The molecule has 1 N–H and O–H groups in total. The number of fused-ring (bicyclic) bond motifs is 1. The van der Waals surface area contributed by atoms with Crippen LogP contribution in [0.5, 0.6) is 11.5 Å². The van der Waals surface area contributed by atoms with E-state index in [-0.39, 0.29) is 10.9 Å². The lowest BCUT2D eigenvalue weighted by Crippen LogP contribution is -2.15.